The van der Waals surface area contributed by atoms with Gasteiger partial charge in [-0.15, -0.1) is 0 Å². The van der Waals surface area contributed by atoms with E-state index in [2.05, 4.69) is 4.99 Å². The normalized spacial score (nSPS) is 14.8. The van der Waals surface area contributed by atoms with Crippen LogP contribution in [0.1, 0.15) is 30.1 Å². The molecule has 2 aromatic rings. The Bertz CT molecular complexity index is 1020. The minimum atomic E-state index is -0.586. The summed E-state index contributed by atoms with van der Waals surface area (Å²) in [6.45, 7) is 2.49. The standard InChI is InChI=1S/C19H21N3O6S/c1-3-28-18(26)12-4-5-13-14(10-12)29-19(21(13)8-9-27-2)20-15(23)11-22-16(24)6-7-17(22)25/h4-5,10H,3,6-9,11H2,1-2H3. The van der Waals surface area contributed by atoms with Gasteiger partial charge in [0.1, 0.15) is 6.54 Å². The number of ether oxygens (including phenoxy) is 2. The molecule has 0 radical (unpaired) electrons. The fourth-order valence-corrected chi connectivity index (χ4v) is 4.09. The maximum atomic E-state index is 12.4. The molecule has 2 heterocycles. The Morgan fingerprint density at radius 1 is 1.21 bits per heavy atom. The third-order valence-electron chi connectivity index (χ3n) is 4.38. The van der Waals surface area contributed by atoms with Crippen molar-refractivity contribution in [2.24, 2.45) is 4.99 Å². The summed E-state index contributed by atoms with van der Waals surface area (Å²) in [6.07, 6.45) is 0.249. The SMILES string of the molecule is CCOC(=O)c1ccc2c(c1)sc(=NC(=O)CN1C(=O)CCC1=O)n2CCOC. The molecule has 3 amide bonds. The molecule has 1 aliphatic rings. The lowest BCUT2D eigenvalue weighted by Crippen LogP contribution is -2.34. The number of rotatable bonds is 7. The number of fused-ring (bicyclic) bond motifs is 1. The first-order chi connectivity index (χ1) is 13.9. The van der Waals surface area contributed by atoms with Gasteiger partial charge < -0.3 is 14.0 Å². The van der Waals surface area contributed by atoms with Crippen molar-refractivity contribution in [3.8, 4) is 0 Å². The molecular weight excluding hydrogens is 398 g/mol. The monoisotopic (exact) mass is 419 g/mol. The number of likely N-dealkylation sites (tertiary alicyclic amines) is 1. The molecule has 1 aliphatic heterocycles. The number of amides is 3. The smallest absolute Gasteiger partial charge is 0.338 e. The van der Waals surface area contributed by atoms with Crippen LogP contribution in [0.5, 0.6) is 0 Å². The van der Waals surface area contributed by atoms with E-state index in [-0.39, 0.29) is 37.8 Å². The first kappa shape index (κ1) is 20.9. The van der Waals surface area contributed by atoms with Crippen LogP contribution in [0.2, 0.25) is 0 Å². The number of imide groups is 1. The zero-order valence-corrected chi connectivity index (χ0v) is 17.0. The van der Waals surface area contributed by atoms with E-state index >= 15 is 0 Å². The average Bonchev–Trinajstić information content (AvgIpc) is 3.19. The number of thiazole rings is 1. The lowest BCUT2D eigenvalue weighted by Gasteiger charge is -2.10. The first-order valence-corrected chi connectivity index (χ1v) is 9.96. The Kier molecular flexibility index (Phi) is 6.55. The van der Waals surface area contributed by atoms with Gasteiger partial charge in [0, 0.05) is 26.5 Å². The molecule has 1 aromatic heterocycles. The number of carbonyl (C=O) groups is 4. The zero-order valence-electron chi connectivity index (χ0n) is 16.2. The molecule has 3 rings (SSSR count). The van der Waals surface area contributed by atoms with E-state index in [1.165, 1.54) is 11.3 Å². The van der Waals surface area contributed by atoms with Gasteiger partial charge in [0.2, 0.25) is 11.8 Å². The van der Waals surface area contributed by atoms with E-state index in [9.17, 15) is 19.2 Å². The Hall–Kier alpha value is -2.85. The van der Waals surface area contributed by atoms with Gasteiger partial charge in [-0.05, 0) is 25.1 Å². The highest BCUT2D eigenvalue weighted by molar-refractivity contribution is 7.16. The van der Waals surface area contributed by atoms with Crippen LogP contribution in [-0.4, -0.2) is 60.0 Å². The highest BCUT2D eigenvalue weighted by atomic mass is 32.1. The second-order valence-electron chi connectivity index (χ2n) is 6.31. The number of nitrogens with zero attached hydrogens (tertiary/aromatic N) is 3. The number of aromatic nitrogens is 1. The van der Waals surface area contributed by atoms with Crippen molar-refractivity contribution in [1.29, 1.82) is 0 Å². The quantitative estimate of drug-likeness (QED) is 0.491. The van der Waals surface area contributed by atoms with Crippen molar-refractivity contribution >= 4 is 45.2 Å². The van der Waals surface area contributed by atoms with Gasteiger partial charge in [-0.2, -0.15) is 4.99 Å². The molecule has 0 unspecified atom stereocenters. The highest BCUT2D eigenvalue weighted by Crippen LogP contribution is 2.20. The molecule has 0 atom stereocenters. The Morgan fingerprint density at radius 2 is 1.93 bits per heavy atom. The number of esters is 1. The second-order valence-corrected chi connectivity index (χ2v) is 7.32. The minimum Gasteiger partial charge on any atom is -0.462 e. The molecule has 10 heteroatoms. The number of hydrogen-bond acceptors (Lipinski definition) is 7. The van der Waals surface area contributed by atoms with Gasteiger partial charge in [-0.3, -0.25) is 19.3 Å². The predicted molar refractivity (Wildman–Crippen MR) is 104 cm³/mol. The molecule has 1 aromatic carbocycles. The maximum absolute atomic E-state index is 12.4. The summed E-state index contributed by atoms with van der Waals surface area (Å²) in [4.78, 5) is 53.3. The van der Waals surface area contributed by atoms with E-state index in [4.69, 9.17) is 9.47 Å². The number of methoxy groups -OCH3 is 1. The van der Waals surface area contributed by atoms with Crippen LogP contribution >= 0.6 is 11.3 Å². The van der Waals surface area contributed by atoms with Crippen LogP contribution in [0.25, 0.3) is 10.2 Å². The minimum absolute atomic E-state index is 0.124. The van der Waals surface area contributed by atoms with Crippen LogP contribution in [0.4, 0.5) is 0 Å². The molecule has 9 nitrogen and oxygen atoms in total. The van der Waals surface area contributed by atoms with Gasteiger partial charge in [-0.1, -0.05) is 11.3 Å². The fraction of sp³-hybridized carbons (Fsp3) is 0.421. The lowest BCUT2D eigenvalue weighted by molar-refractivity contribution is -0.141. The molecule has 0 bridgehead atoms. The zero-order chi connectivity index (χ0) is 21.0. The first-order valence-electron chi connectivity index (χ1n) is 9.14. The molecule has 1 fully saturated rings. The summed E-state index contributed by atoms with van der Waals surface area (Å²) in [7, 11) is 1.57. The number of benzene rings is 1. The van der Waals surface area contributed by atoms with Crippen LogP contribution in [0, 0.1) is 0 Å². The topological polar surface area (TPSA) is 107 Å². The summed E-state index contributed by atoms with van der Waals surface area (Å²) in [6, 6.07) is 5.12. The molecular formula is C19H21N3O6S. The van der Waals surface area contributed by atoms with Crippen LogP contribution in [0.15, 0.2) is 23.2 Å². The number of hydrogen-bond donors (Lipinski definition) is 0. The van der Waals surface area contributed by atoms with Gasteiger partial charge in [0.15, 0.2) is 4.80 Å². The Balaban J connectivity index is 1.96. The van der Waals surface area contributed by atoms with Crippen molar-refractivity contribution < 1.29 is 28.7 Å². The molecule has 0 N–H and O–H groups in total. The summed E-state index contributed by atoms with van der Waals surface area (Å²) >= 11 is 1.24. The molecule has 0 aliphatic carbocycles. The van der Waals surface area contributed by atoms with E-state index < -0.39 is 11.9 Å². The van der Waals surface area contributed by atoms with Crippen molar-refractivity contribution in [1.82, 2.24) is 9.47 Å². The summed E-state index contributed by atoms with van der Waals surface area (Å²) in [5, 5.41) is 0. The highest BCUT2D eigenvalue weighted by Gasteiger charge is 2.30. The van der Waals surface area contributed by atoms with Crippen LogP contribution < -0.4 is 4.80 Å². The molecule has 154 valence electrons. The fourth-order valence-electron chi connectivity index (χ4n) is 2.98. The van der Waals surface area contributed by atoms with Crippen molar-refractivity contribution in [3.63, 3.8) is 0 Å². The predicted octanol–water partition coefficient (Wildman–Crippen LogP) is 1.10. The maximum Gasteiger partial charge on any atom is 0.338 e. The van der Waals surface area contributed by atoms with Gasteiger partial charge in [-0.25, -0.2) is 4.79 Å². The van der Waals surface area contributed by atoms with Gasteiger partial charge in [0.25, 0.3) is 5.91 Å². The molecule has 0 saturated carbocycles. The average molecular weight is 419 g/mol. The molecule has 0 spiro atoms. The van der Waals surface area contributed by atoms with Gasteiger partial charge >= 0.3 is 5.97 Å². The summed E-state index contributed by atoms with van der Waals surface area (Å²) in [5.41, 5.74) is 1.20. The van der Waals surface area contributed by atoms with E-state index in [0.29, 0.717) is 23.5 Å². The van der Waals surface area contributed by atoms with Crippen molar-refractivity contribution in [3.05, 3.63) is 28.6 Å². The molecule has 1 saturated heterocycles. The lowest BCUT2D eigenvalue weighted by atomic mass is 10.2. The van der Waals surface area contributed by atoms with Crippen LogP contribution in [0.3, 0.4) is 0 Å². The van der Waals surface area contributed by atoms with Crippen molar-refractivity contribution in [2.45, 2.75) is 26.3 Å². The summed E-state index contributed by atoms with van der Waals surface area (Å²) < 4.78 is 12.7. The van der Waals surface area contributed by atoms with Crippen molar-refractivity contribution in [2.75, 3.05) is 26.9 Å². The van der Waals surface area contributed by atoms with Gasteiger partial charge in [0.05, 0.1) is 29.0 Å². The van der Waals surface area contributed by atoms with Crippen LogP contribution in [-0.2, 0) is 30.4 Å². The largest absolute Gasteiger partial charge is 0.462 e. The third-order valence-corrected chi connectivity index (χ3v) is 5.42. The van der Waals surface area contributed by atoms with E-state index in [0.717, 1.165) is 15.1 Å². The molecule has 29 heavy (non-hydrogen) atoms. The number of carbonyl (C=O) groups excluding carboxylic acids is 4. The van der Waals surface area contributed by atoms with E-state index in [1.807, 2.05) is 4.57 Å². The summed E-state index contributed by atoms with van der Waals surface area (Å²) in [5.74, 6) is -1.73. The Morgan fingerprint density at radius 3 is 2.59 bits per heavy atom. The Labute approximate surface area is 170 Å². The third kappa shape index (κ3) is 4.60. The second kappa shape index (κ2) is 9.10. The van der Waals surface area contributed by atoms with E-state index in [1.54, 1.807) is 32.2 Å².